The molecule has 0 unspecified atom stereocenters. The van der Waals surface area contributed by atoms with Gasteiger partial charge in [0.1, 0.15) is 5.76 Å². The Morgan fingerprint density at radius 1 is 1.33 bits per heavy atom. The molecule has 21 heavy (non-hydrogen) atoms. The zero-order valence-corrected chi connectivity index (χ0v) is 12.3. The molecule has 0 atom stereocenters. The Labute approximate surface area is 129 Å². The highest BCUT2D eigenvalue weighted by Crippen LogP contribution is 2.02. The molecule has 1 N–H and O–H groups in total. The first-order valence-corrected chi connectivity index (χ1v) is 6.23. The third-order valence-electron chi connectivity index (χ3n) is 2.49. The SMILES string of the molecule is CC(/C=C/c1ccco1)=N/NC(=O)C[n+]1ccccc1.[Cl-]. The van der Waals surface area contributed by atoms with Crippen LogP contribution in [-0.2, 0) is 11.3 Å². The second-order valence-electron chi connectivity index (χ2n) is 4.18. The van der Waals surface area contributed by atoms with Crippen LogP contribution in [0.2, 0.25) is 0 Å². The summed E-state index contributed by atoms with van der Waals surface area (Å²) in [5.74, 6) is 0.567. The highest BCUT2D eigenvalue weighted by Gasteiger charge is 2.06. The van der Waals surface area contributed by atoms with Gasteiger partial charge in [-0.2, -0.15) is 9.67 Å². The predicted octanol–water partition coefficient (Wildman–Crippen LogP) is -1.22. The normalized spacial score (nSPS) is 11.2. The van der Waals surface area contributed by atoms with Gasteiger partial charge >= 0.3 is 5.91 Å². The third kappa shape index (κ3) is 6.05. The van der Waals surface area contributed by atoms with Crippen molar-refractivity contribution in [3.63, 3.8) is 0 Å². The maximum Gasteiger partial charge on any atom is 0.305 e. The number of allylic oxidation sites excluding steroid dienone is 1. The van der Waals surface area contributed by atoms with E-state index in [2.05, 4.69) is 10.5 Å². The van der Waals surface area contributed by atoms with E-state index in [0.29, 0.717) is 5.71 Å². The molecule has 0 saturated carbocycles. The average Bonchev–Trinajstić information content (AvgIpc) is 2.97. The predicted molar refractivity (Wildman–Crippen MR) is 75.6 cm³/mol. The first-order chi connectivity index (χ1) is 9.74. The number of hydrogen-bond acceptors (Lipinski definition) is 3. The Morgan fingerprint density at radius 2 is 2.10 bits per heavy atom. The molecule has 110 valence electrons. The lowest BCUT2D eigenvalue weighted by molar-refractivity contribution is -0.684. The van der Waals surface area contributed by atoms with Crippen LogP contribution in [0.15, 0.2) is 64.6 Å². The van der Waals surface area contributed by atoms with Crippen LogP contribution in [0.1, 0.15) is 12.7 Å². The molecule has 0 aliphatic heterocycles. The van der Waals surface area contributed by atoms with Crippen LogP contribution >= 0.6 is 0 Å². The summed E-state index contributed by atoms with van der Waals surface area (Å²) in [5.41, 5.74) is 3.20. The number of aromatic nitrogens is 1. The highest BCUT2D eigenvalue weighted by atomic mass is 35.5. The van der Waals surface area contributed by atoms with E-state index in [1.165, 1.54) is 0 Å². The first-order valence-electron chi connectivity index (χ1n) is 6.23. The fourth-order valence-electron chi connectivity index (χ4n) is 1.52. The molecule has 2 aromatic rings. The number of rotatable bonds is 5. The number of halogens is 1. The van der Waals surface area contributed by atoms with Gasteiger partial charge in [0.2, 0.25) is 6.54 Å². The number of furan rings is 1. The summed E-state index contributed by atoms with van der Waals surface area (Å²) in [6, 6.07) is 9.29. The molecule has 0 radical (unpaired) electrons. The number of nitrogens with one attached hydrogen (secondary N) is 1. The van der Waals surface area contributed by atoms with Crippen molar-refractivity contribution < 1.29 is 26.2 Å². The smallest absolute Gasteiger partial charge is 0.305 e. The van der Waals surface area contributed by atoms with Crippen LogP contribution in [0.5, 0.6) is 0 Å². The molecule has 0 saturated heterocycles. The molecule has 0 aliphatic carbocycles. The third-order valence-corrected chi connectivity index (χ3v) is 2.49. The Hall–Kier alpha value is -2.40. The van der Waals surface area contributed by atoms with Crippen molar-refractivity contribution >= 4 is 17.7 Å². The van der Waals surface area contributed by atoms with Crippen molar-refractivity contribution in [2.24, 2.45) is 5.10 Å². The van der Waals surface area contributed by atoms with Gasteiger partial charge < -0.3 is 16.8 Å². The molecular weight excluding hydrogens is 290 g/mol. The van der Waals surface area contributed by atoms with E-state index >= 15 is 0 Å². The zero-order chi connectivity index (χ0) is 14.2. The first kappa shape index (κ1) is 16.7. The van der Waals surface area contributed by atoms with Gasteiger partial charge in [-0.25, -0.2) is 5.43 Å². The van der Waals surface area contributed by atoms with Crippen molar-refractivity contribution in [3.8, 4) is 0 Å². The van der Waals surface area contributed by atoms with E-state index in [0.717, 1.165) is 5.76 Å². The number of carbonyl (C=O) groups excluding carboxylic acids is 1. The van der Waals surface area contributed by atoms with Gasteiger partial charge in [0, 0.05) is 12.1 Å². The number of nitrogens with zero attached hydrogens (tertiary/aromatic N) is 2. The van der Waals surface area contributed by atoms with Crippen LogP contribution in [0.4, 0.5) is 0 Å². The molecule has 2 rings (SSSR count). The summed E-state index contributed by atoms with van der Waals surface area (Å²) in [5, 5.41) is 3.99. The fraction of sp³-hybridized carbons (Fsp3) is 0.133. The molecule has 0 aromatic carbocycles. The topological polar surface area (TPSA) is 58.5 Å². The van der Waals surface area contributed by atoms with Gasteiger partial charge in [-0.1, -0.05) is 6.07 Å². The second-order valence-corrected chi connectivity index (χ2v) is 4.18. The summed E-state index contributed by atoms with van der Waals surface area (Å²) >= 11 is 0. The summed E-state index contributed by atoms with van der Waals surface area (Å²) < 4.78 is 6.93. The van der Waals surface area contributed by atoms with Crippen LogP contribution in [-0.4, -0.2) is 11.6 Å². The van der Waals surface area contributed by atoms with Gasteiger partial charge in [0.15, 0.2) is 12.4 Å². The van der Waals surface area contributed by atoms with Crippen molar-refractivity contribution in [1.82, 2.24) is 5.43 Å². The van der Waals surface area contributed by atoms with Crippen LogP contribution < -0.4 is 22.4 Å². The van der Waals surface area contributed by atoms with Crippen molar-refractivity contribution in [1.29, 1.82) is 0 Å². The maximum absolute atomic E-state index is 11.7. The van der Waals surface area contributed by atoms with Gasteiger partial charge in [0.25, 0.3) is 0 Å². The molecule has 0 fully saturated rings. The summed E-state index contributed by atoms with van der Waals surface area (Å²) in [6.07, 6.45) is 8.82. The molecule has 1 amide bonds. The second kappa shape index (κ2) is 8.71. The molecule has 6 heteroatoms. The van der Waals surface area contributed by atoms with Crippen molar-refractivity contribution in [2.45, 2.75) is 13.5 Å². The molecule has 2 heterocycles. The van der Waals surface area contributed by atoms with Gasteiger partial charge in [-0.3, -0.25) is 4.79 Å². The van der Waals surface area contributed by atoms with E-state index < -0.39 is 0 Å². The fourth-order valence-corrected chi connectivity index (χ4v) is 1.52. The molecule has 0 aliphatic rings. The van der Waals surface area contributed by atoms with E-state index in [1.54, 1.807) is 29.9 Å². The van der Waals surface area contributed by atoms with Gasteiger partial charge in [-0.05, 0) is 31.2 Å². The van der Waals surface area contributed by atoms with E-state index in [9.17, 15) is 4.79 Å². The van der Waals surface area contributed by atoms with Crippen molar-refractivity contribution in [2.75, 3.05) is 0 Å². The quantitative estimate of drug-likeness (QED) is 0.427. The molecular formula is C15H16ClN3O2. The lowest BCUT2D eigenvalue weighted by Gasteiger charge is -1.97. The Bertz CT molecular complexity index is 607. The number of amides is 1. The van der Waals surface area contributed by atoms with Gasteiger partial charge in [-0.15, -0.1) is 0 Å². The monoisotopic (exact) mass is 305 g/mol. The molecule has 2 aromatic heterocycles. The minimum absolute atomic E-state index is 0. The molecule has 0 spiro atoms. The van der Waals surface area contributed by atoms with E-state index in [-0.39, 0.29) is 24.9 Å². The summed E-state index contributed by atoms with van der Waals surface area (Å²) in [6.45, 7) is 2.04. The molecule has 0 bridgehead atoms. The Balaban J connectivity index is 0.00000220. The van der Waals surface area contributed by atoms with Gasteiger partial charge in [0.05, 0.1) is 12.0 Å². The number of hydrogen-bond donors (Lipinski definition) is 1. The minimum Gasteiger partial charge on any atom is -1.00 e. The Kier molecular flexibility index (Phi) is 6.91. The van der Waals surface area contributed by atoms with Crippen LogP contribution in [0.3, 0.4) is 0 Å². The number of pyridine rings is 1. The number of hydrazone groups is 1. The summed E-state index contributed by atoms with van der Waals surface area (Å²) in [4.78, 5) is 11.7. The number of carbonyl (C=O) groups is 1. The summed E-state index contributed by atoms with van der Waals surface area (Å²) in [7, 11) is 0. The highest BCUT2D eigenvalue weighted by molar-refractivity contribution is 5.96. The maximum atomic E-state index is 11.7. The lowest BCUT2D eigenvalue weighted by Crippen LogP contribution is -3.00. The largest absolute Gasteiger partial charge is 1.00 e. The Morgan fingerprint density at radius 3 is 2.76 bits per heavy atom. The molecule has 5 nitrogen and oxygen atoms in total. The van der Waals surface area contributed by atoms with E-state index in [1.807, 2.05) is 42.7 Å². The van der Waals surface area contributed by atoms with Crippen molar-refractivity contribution in [3.05, 3.63) is 60.8 Å². The zero-order valence-electron chi connectivity index (χ0n) is 11.6. The van der Waals surface area contributed by atoms with Crippen LogP contribution in [0, 0.1) is 0 Å². The van der Waals surface area contributed by atoms with E-state index in [4.69, 9.17) is 4.42 Å². The average molecular weight is 306 g/mol. The van der Waals surface area contributed by atoms with Crippen LogP contribution in [0.25, 0.3) is 6.08 Å². The standard InChI is InChI=1S/C15H15N3O2.ClH/c1-13(7-8-14-6-5-11-20-14)16-17-15(19)12-18-9-3-2-4-10-18;/h2-11H,12H2,1H3;1H/b8-7+,16-13-;. The lowest BCUT2D eigenvalue weighted by atomic mass is 10.3. The minimum atomic E-state index is -0.174.